The summed E-state index contributed by atoms with van der Waals surface area (Å²) in [6.45, 7) is 3.62. The molecule has 3 heteroatoms. The van der Waals surface area contributed by atoms with E-state index in [1.807, 2.05) is 19.2 Å². The summed E-state index contributed by atoms with van der Waals surface area (Å²) < 4.78 is 0. The zero-order valence-electron chi connectivity index (χ0n) is 11.2. The number of hydrogen-bond acceptors (Lipinski definition) is 3. The monoisotopic (exact) mass is 245 g/mol. The molecule has 0 saturated heterocycles. The van der Waals surface area contributed by atoms with Crippen molar-refractivity contribution in [1.29, 1.82) is 0 Å². The van der Waals surface area contributed by atoms with Gasteiger partial charge in [0.15, 0.2) is 0 Å². The number of hydrogen-bond donors (Lipinski definition) is 2. The van der Waals surface area contributed by atoms with Gasteiger partial charge in [-0.2, -0.15) is 0 Å². The number of allylic oxidation sites excluding steroid dienone is 1. The molecule has 1 aliphatic carbocycles. The summed E-state index contributed by atoms with van der Waals surface area (Å²) >= 11 is 0. The smallest absolute Gasteiger partial charge is 0.0459 e. The average Bonchev–Trinajstić information content (AvgIpc) is 2.89. The van der Waals surface area contributed by atoms with Crippen molar-refractivity contribution in [3.05, 3.63) is 41.2 Å². The molecule has 0 amide bonds. The fourth-order valence-electron chi connectivity index (χ4n) is 2.39. The lowest BCUT2D eigenvalue weighted by Crippen LogP contribution is -2.29. The molecule has 2 rings (SSSR count). The molecule has 0 saturated carbocycles. The normalized spacial score (nSPS) is 16.7. The highest BCUT2D eigenvalue weighted by molar-refractivity contribution is 5.17. The van der Waals surface area contributed by atoms with Crippen LogP contribution in [-0.2, 0) is 0 Å². The third-order valence-corrected chi connectivity index (χ3v) is 3.54. The van der Waals surface area contributed by atoms with Gasteiger partial charge >= 0.3 is 0 Å². The summed E-state index contributed by atoms with van der Waals surface area (Å²) in [5.74, 6) is 0. The Labute approximate surface area is 109 Å². The quantitative estimate of drug-likeness (QED) is 0.757. The number of pyridine rings is 1. The van der Waals surface area contributed by atoms with E-state index in [0.29, 0.717) is 6.54 Å². The van der Waals surface area contributed by atoms with Crippen LogP contribution in [0.15, 0.2) is 30.0 Å². The molecule has 0 aromatic carbocycles. The predicted octanol–water partition coefficient (Wildman–Crippen LogP) is 2.48. The van der Waals surface area contributed by atoms with Crippen molar-refractivity contribution in [2.24, 2.45) is 5.73 Å². The minimum atomic E-state index is 0.222. The van der Waals surface area contributed by atoms with E-state index in [-0.39, 0.29) is 6.04 Å². The second-order valence-corrected chi connectivity index (χ2v) is 4.98. The van der Waals surface area contributed by atoms with Gasteiger partial charge in [-0.3, -0.25) is 4.98 Å². The first kappa shape index (κ1) is 13.2. The SMILES string of the molecule is Cc1ccc(C(CN)NCCC2=CCCC2)cn1. The summed E-state index contributed by atoms with van der Waals surface area (Å²) in [4.78, 5) is 4.33. The molecule has 1 aromatic heterocycles. The van der Waals surface area contributed by atoms with Gasteiger partial charge in [-0.25, -0.2) is 0 Å². The van der Waals surface area contributed by atoms with Crippen LogP contribution in [0.5, 0.6) is 0 Å². The summed E-state index contributed by atoms with van der Waals surface area (Å²) in [5, 5.41) is 3.53. The lowest BCUT2D eigenvalue weighted by Gasteiger charge is -2.17. The molecule has 0 bridgehead atoms. The van der Waals surface area contributed by atoms with E-state index in [2.05, 4.69) is 22.4 Å². The molecule has 1 unspecified atom stereocenters. The highest BCUT2D eigenvalue weighted by atomic mass is 14.9. The highest BCUT2D eigenvalue weighted by Gasteiger charge is 2.10. The lowest BCUT2D eigenvalue weighted by atomic mass is 10.1. The second-order valence-electron chi connectivity index (χ2n) is 4.98. The van der Waals surface area contributed by atoms with Crippen LogP contribution in [0.2, 0.25) is 0 Å². The van der Waals surface area contributed by atoms with Crippen molar-refractivity contribution >= 4 is 0 Å². The van der Waals surface area contributed by atoms with Gasteiger partial charge in [0.2, 0.25) is 0 Å². The van der Waals surface area contributed by atoms with Crippen molar-refractivity contribution in [3.8, 4) is 0 Å². The topological polar surface area (TPSA) is 50.9 Å². The van der Waals surface area contributed by atoms with Crippen molar-refractivity contribution in [1.82, 2.24) is 10.3 Å². The minimum Gasteiger partial charge on any atom is -0.329 e. The molecule has 3 nitrogen and oxygen atoms in total. The van der Waals surface area contributed by atoms with Crippen LogP contribution in [0.1, 0.15) is 43.0 Å². The Morgan fingerprint density at radius 2 is 2.33 bits per heavy atom. The molecule has 0 spiro atoms. The van der Waals surface area contributed by atoms with Crippen LogP contribution in [0.4, 0.5) is 0 Å². The van der Waals surface area contributed by atoms with Gasteiger partial charge in [0.05, 0.1) is 0 Å². The first-order valence-electron chi connectivity index (χ1n) is 6.83. The van der Waals surface area contributed by atoms with Gasteiger partial charge in [-0.05, 0) is 50.8 Å². The Hall–Kier alpha value is -1.19. The Balaban J connectivity index is 1.83. The van der Waals surface area contributed by atoms with E-state index in [0.717, 1.165) is 18.7 Å². The summed E-state index contributed by atoms with van der Waals surface area (Å²) in [6, 6.07) is 4.38. The van der Waals surface area contributed by atoms with Crippen LogP contribution in [0.25, 0.3) is 0 Å². The fourth-order valence-corrected chi connectivity index (χ4v) is 2.39. The predicted molar refractivity (Wildman–Crippen MR) is 75.3 cm³/mol. The van der Waals surface area contributed by atoms with Crippen LogP contribution in [-0.4, -0.2) is 18.1 Å². The Morgan fingerprint density at radius 3 is 2.94 bits per heavy atom. The molecule has 18 heavy (non-hydrogen) atoms. The lowest BCUT2D eigenvalue weighted by molar-refractivity contribution is 0.540. The molecule has 1 aromatic rings. The molecule has 3 N–H and O–H groups in total. The standard InChI is InChI=1S/C15H23N3/c1-12-6-7-14(11-18-12)15(10-16)17-9-8-13-4-2-3-5-13/h4,6-7,11,15,17H,2-3,5,8-10,16H2,1H3. The largest absolute Gasteiger partial charge is 0.329 e. The molecule has 0 fully saturated rings. The molecular weight excluding hydrogens is 222 g/mol. The molecule has 0 aliphatic heterocycles. The molecule has 98 valence electrons. The number of nitrogens with zero attached hydrogens (tertiary/aromatic N) is 1. The highest BCUT2D eigenvalue weighted by Crippen LogP contribution is 2.20. The van der Waals surface area contributed by atoms with Crippen LogP contribution < -0.4 is 11.1 Å². The Bertz CT molecular complexity index is 395. The van der Waals surface area contributed by atoms with Crippen molar-refractivity contribution in [3.63, 3.8) is 0 Å². The van der Waals surface area contributed by atoms with Crippen molar-refractivity contribution < 1.29 is 0 Å². The van der Waals surface area contributed by atoms with E-state index in [4.69, 9.17) is 5.73 Å². The summed E-state index contributed by atoms with van der Waals surface area (Å²) in [6.07, 6.45) is 9.33. The summed E-state index contributed by atoms with van der Waals surface area (Å²) in [7, 11) is 0. The summed E-state index contributed by atoms with van der Waals surface area (Å²) in [5.41, 5.74) is 9.66. The first-order valence-corrected chi connectivity index (χ1v) is 6.83. The van der Waals surface area contributed by atoms with Gasteiger partial charge in [0, 0.05) is 24.5 Å². The van der Waals surface area contributed by atoms with Crippen molar-refractivity contribution in [2.45, 2.75) is 38.6 Å². The van der Waals surface area contributed by atoms with E-state index in [1.165, 1.54) is 24.8 Å². The second kappa shape index (κ2) is 6.66. The zero-order chi connectivity index (χ0) is 12.8. The van der Waals surface area contributed by atoms with Crippen molar-refractivity contribution in [2.75, 3.05) is 13.1 Å². The molecule has 0 radical (unpaired) electrons. The first-order chi connectivity index (χ1) is 8.79. The van der Waals surface area contributed by atoms with Gasteiger partial charge in [0.25, 0.3) is 0 Å². The molecule has 1 aliphatic rings. The Kier molecular flexibility index (Phi) is 4.90. The van der Waals surface area contributed by atoms with E-state index < -0.39 is 0 Å². The molecule has 1 heterocycles. The van der Waals surface area contributed by atoms with Crippen LogP contribution >= 0.6 is 0 Å². The number of rotatable bonds is 6. The van der Waals surface area contributed by atoms with E-state index in [9.17, 15) is 0 Å². The molecule has 1 atom stereocenters. The number of nitrogens with two attached hydrogens (primary N) is 1. The average molecular weight is 245 g/mol. The van der Waals surface area contributed by atoms with Gasteiger partial charge in [-0.1, -0.05) is 17.7 Å². The number of nitrogens with one attached hydrogen (secondary N) is 1. The van der Waals surface area contributed by atoms with E-state index >= 15 is 0 Å². The number of aromatic nitrogens is 1. The fraction of sp³-hybridized carbons (Fsp3) is 0.533. The maximum Gasteiger partial charge on any atom is 0.0459 e. The maximum absolute atomic E-state index is 5.83. The maximum atomic E-state index is 5.83. The van der Waals surface area contributed by atoms with Crippen LogP contribution in [0, 0.1) is 6.92 Å². The van der Waals surface area contributed by atoms with Gasteiger partial charge in [-0.15, -0.1) is 0 Å². The van der Waals surface area contributed by atoms with E-state index in [1.54, 1.807) is 5.57 Å². The third-order valence-electron chi connectivity index (χ3n) is 3.54. The molecular formula is C15H23N3. The van der Waals surface area contributed by atoms with Gasteiger partial charge in [0.1, 0.15) is 0 Å². The number of aryl methyl sites for hydroxylation is 1. The Morgan fingerprint density at radius 1 is 1.44 bits per heavy atom. The van der Waals surface area contributed by atoms with Gasteiger partial charge < -0.3 is 11.1 Å². The minimum absolute atomic E-state index is 0.222. The third kappa shape index (κ3) is 3.65. The van der Waals surface area contributed by atoms with Crippen LogP contribution in [0.3, 0.4) is 0 Å². The zero-order valence-corrected chi connectivity index (χ0v) is 11.2.